The topological polar surface area (TPSA) is 68.6 Å². The van der Waals surface area contributed by atoms with E-state index in [0.29, 0.717) is 11.1 Å². The van der Waals surface area contributed by atoms with Crippen molar-refractivity contribution in [2.75, 3.05) is 7.05 Å². The summed E-state index contributed by atoms with van der Waals surface area (Å²) in [7, 11) is 1.75. The second-order valence-electron chi connectivity index (χ2n) is 5.89. The SMILES string of the molecule is CC(CCc1ccco1)N(C)C(=O)Cn1c(=O)oc2ccccc21. The number of carbonyl (C=O) groups excluding carboxylic acids is 1. The number of oxazole rings is 1. The fourth-order valence-corrected chi connectivity index (χ4v) is 2.66. The number of hydrogen-bond donors (Lipinski definition) is 0. The molecule has 0 aliphatic rings. The van der Waals surface area contributed by atoms with Crippen molar-refractivity contribution >= 4 is 17.0 Å². The lowest BCUT2D eigenvalue weighted by molar-refractivity contribution is -0.132. The number of carbonyl (C=O) groups is 1. The first-order valence-electron chi connectivity index (χ1n) is 7.92. The van der Waals surface area contributed by atoms with E-state index in [9.17, 15) is 9.59 Å². The van der Waals surface area contributed by atoms with E-state index in [1.807, 2.05) is 25.1 Å². The Kier molecular flexibility index (Phi) is 4.55. The van der Waals surface area contributed by atoms with Gasteiger partial charge in [-0.05, 0) is 37.6 Å². The van der Waals surface area contributed by atoms with Crippen LogP contribution in [0.15, 0.2) is 56.3 Å². The van der Waals surface area contributed by atoms with E-state index in [1.165, 1.54) is 4.57 Å². The fourth-order valence-electron chi connectivity index (χ4n) is 2.66. The maximum Gasteiger partial charge on any atom is 0.420 e. The van der Waals surface area contributed by atoms with E-state index < -0.39 is 5.76 Å². The van der Waals surface area contributed by atoms with Gasteiger partial charge in [-0.3, -0.25) is 9.36 Å². The Balaban J connectivity index is 1.67. The average molecular weight is 328 g/mol. The highest BCUT2D eigenvalue weighted by Crippen LogP contribution is 2.13. The minimum atomic E-state index is -0.513. The summed E-state index contributed by atoms with van der Waals surface area (Å²) in [5.41, 5.74) is 1.12. The molecule has 0 saturated carbocycles. The molecule has 0 bridgehead atoms. The van der Waals surface area contributed by atoms with Crippen molar-refractivity contribution in [1.82, 2.24) is 9.47 Å². The Morgan fingerprint density at radius 2 is 2.04 bits per heavy atom. The van der Waals surface area contributed by atoms with Gasteiger partial charge in [-0.25, -0.2) is 4.79 Å². The van der Waals surface area contributed by atoms with Crippen LogP contribution in [0.2, 0.25) is 0 Å². The summed E-state index contributed by atoms with van der Waals surface area (Å²) in [6.07, 6.45) is 3.20. The molecule has 126 valence electrons. The molecule has 3 rings (SSSR count). The molecular weight excluding hydrogens is 308 g/mol. The van der Waals surface area contributed by atoms with Crippen molar-refractivity contribution in [1.29, 1.82) is 0 Å². The van der Waals surface area contributed by atoms with Crippen molar-refractivity contribution in [3.8, 4) is 0 Å². The lowest BCUT2D eigenvalue weighted by atomic mass is 10.1. The number of rotatable bonds is 6. The summed E-state index contributed by atoms with van der Waals surface area (Å²) < 4.78 is 11.8. The summed E-state index contributed by atoms with van der Waals surface area (Å²) in [6, 6.07) is 10.9. The minimum absolute atomic E-state index is 0.0303. The van der Waals surface area contributed by atoms with Crippen LogP contribution in [-0.2, 0) is 17.8 Å². The molecule has 0 aliphatic carbocycles. The summed E-state index contributed by atoms with van der Waals surface area (Å²) in [5, 5.41) is 0. The molecule has 0 spiro atoms. The molecule has 2 heterocycles. The third-order valence-electron chi connectivity index (χ3n) is 4.31. The van der Waals surface area contributed by atoms with Crippen LogP contribution >= 0.6 is 0 Å². The van der Waals surface area contributed by atoms with Gasteiger partial charge in [0.05, 0.1) is 11.8 Å². The summed E-state index contributed by atoms with van der Waals surface area (Å²) in [4.78, 5) is 26.1. The zero-order valence-electron chi connectivity index (χ0n) is 13.8. The molecule has 0 radical (unpaired) electrons. The predicted octanol–water partition coefficient (Wildman–Crippen LogP) is 2.67. The van der Waals surface area contributed by atoms with Crippen LogP contribution in [-0.4, -0.2) is 28.5 Å². The molecule has 1 atom stereocenters. The summed E-state index contributed by atoms with van der Waals surface area (Å²) >= 11 is 0. The highest BCUT2D eigenvalue weighted by atomic mass is 16.4. The van der Waals surface area contributed by atoms with Gasteiger partial charge < -0.3 is 13.7 Å². The smallest absolute Gasteiger partial charge is 0.420 e. The molecule has 2 aromatic heterocycles. The lowest BCUT2D eigenvalue weighted by Gasteiger charge is -2.24. The van der Waals surface area contributed by atoms with Gasteiger partial charge in [0.2, 0.25) is 5.91 Å². The third kappa shape index (κ3) is 3.27. The molecule has 1 aromatic carbocycles. The van der Waals surface area contributed by atoms with E-state index in [1.54, 1.807) is 36.4 Å². The minimum Gasteiger partial charge on any atom is -0.469 e. The largest absolute Gasteiger partial charge is 0.469 e. The van der Waals surface area contributed by atoms with Gasteiger partial charge in [-0.1, -0.05) is 12.1 Å². The van der Waals surface area contributed by atoms with E-state index in [-0.39, 0.29) is 18.5 Å². The molecular formula is C18H20N2O4. The molecule has 3 aromatic rings. The number of nitrogens with zero attached hydrogens (tertiary/aromatic N) is 2. The molecule has 6 heteroatoms. The van der Waals surface area contributed by atoms with E-state index in [0.717, 1.165) is 18.6 Å². The number of amides is 1. The van der Waals surface area contributed by atoms with Crippen molar-refractivity contribution < 1.29 is 13.6 Å². The second kappa shape index (κ2) is 6.78. The first-order chi connectivity index (χ1) is 11.6. The van der Waals surface area contributed by atoms with Gasteiger partial charge in [0, 0.05) is 19.5 Å². The van der Waals surface area contributed by atoms with Crippen LogP contribution in [0.1, 0.15) is 19.1 Å². The second-order valence-corrected chi connectivity index (χ2v) is 5.89. The molecule has 1 unspecified atom stereocenters. The van der Waals surface area contributed by atoms with Gasteiger partial charge >= 0.3 is 5.76 Å². The fraction of sp³-hybridized carbons (Fsp3) is 0.333. The molecule has 0 aliphatic heterocycles. The molecule has 0 fully saturated rings. The zero-order valence-corrected chi connectivity index (χ0v) is 13.8. The van der Waals surface area contributed by atoms with Crippen molar-refractivity contribution in [3.05, 3.63) is 59.0 Å². The Labute approximate surface area is 139 Å². The first kappa shape index (κ1) is 16.1. The van der Waals surface area contributed by atoms with Crippen molar-refractivity contribution in [2.24, 2.45) is 0 Å². The Morgan fingerprint density at radius 1 is 1.25 bits per heavy atom. The third-order valence-corrected chi connectivity index (χ3v) is 4.31. The highest BCUT2D eigenvalue weighted by molar-refractivity contribution is 5.79. The van der Waals surface area contributed by atoms with Crippen LogP contribution in [0.25, 0.3) is 11.1 Å². The number of aromatic nitrogens is 1. The van der Waals surface area contributed by atoms with Crippen LogP contribution in [0, 0.1) is 0 Å². The van der Waals surface area contributed by atoms with Gasteiger partial charge in [-0.15, -0.1) is 0 Å². The monoisotopic (exact) mass is 328 g/mol. The number of likely N-dealkylation sites (N-methyl/N-ethyl adjacent to an activating group) is 1. The Bertz CT molecular complexity index is 876. The van der Waals surface area contributed by atoms with Gasteiger partial charge in [0.1, 0.15) is 12.3 Å². The van der Waals surface area contributed by atoms with Gasteiger partial charge in [-0.2, -0.15) is 0 Å². The average Bonchev–Trinajstić information content (AvgIpc) is 3.20. The molecule has 24 heavy (non-hydrogen) atoms. The normalized spacial score (nSPS) is 12.4. The molecule has 6 nitrogen and oxygen atoms in total. The zero-order chi connectivity index (χ0) is 17.1. The standard InChI is InChI=1S/C18H20N2O4/c1-13(9-10-14-6-5-11-23-14)19(2)17(21)12-20-15-7-3-4-8-16(15)24-18(20)22/h3-8,11,13H,9-10,12H2,1-2H3. The van der Waals surface area contributed by atoms with Gasteiger partial charge in [0.15, 0.2) is 5.58 Å². The van der Waals surface area contributed by atoms with Crippen molar-refractivity contribution in [3.63, 3.8) is 0 Å². The van der Waals surface area contributed by atoms with Crippen LogP contribution in [0.3, 0.4) is 0 Å². The number of benzene rings is 1. The van der Waals surface area contributed by atoms with Crippen molar-refractivity contribution in [2.45, 2.75) is 32.4 Å². The van der Waals surface area contributed by atoms with E-state index in [4.69, 9.17) is 8.83 Å². The predicted molar refractivity (Wildman–Crippen MR) is 89.7 cm³/mol. The number of aryl methyl sites for hydroxylation is 1. The lowest BCUT2D eigenvalue weighted by Crippen LogP contribution is -2.38. The van der Waals surface area contributed by atoms with E-state index in [2.05, 4.69) is 0 Å². The number of hydrogen-bond acceptors (Lipinski definition) is 4. The van der Waals surface area contributed by atoms with Gasteiger partial charge in [0.25, 0.3) is 0 Å². The van der Waals surface area contributed by atoms with Crippen LogP contribution < -0.4 is 5.76 Å². The van der Waals surface area contributed by atoms with E-state index >= 15 is 0 Å². The number of fused-ring (bicyclic) bond motifs is 1. The Morgan fingerprint density at radius 3 is 2.79 bits per heavy atom. The van der Waals surface area contributed by atoms with Crippen LogP contribution in [0.5, 0.6) is 0 Å². The molecule has 1 amide bonds. The quantitative estimate of drug-likeness (QED) is 0.697. The highest BCUT2D eigenvalue weighted by Gasteiger charge is 2.19. The maximum atomic E-state index is 12.5. The maximum absolute atomic E-state index is 12.5. The first-order valence-corrected chi connectivity index (χ1v) is 7.92. The number of para-hydroxylation sites is 2. The van der Waals surface area contributed by atoms with Crippen LogP contribution in [0.4, 0.5) is 0 Å². The number of furan rings is 1. The Hall–Kier alpha value is -2.76. The molecule has 0 saturated heterocycles. The molecule has 0 N–H and O–H groups in total. The summed E-state index contributed by atoms with van der Waals surface area (Å²) in [5.74, 6) is 0.261. The summed E-state index contributed by atoms with van der Waals surface area (Å²) in [6.45, 7) is 1.95.